The van der Waals surface area contributed by atoms with Crippen molar-refractivity contribution in [3.8, 4) is 17.0 Å². The number of hydrogen-bond donors (Lipinski definition) is 1. The van der Waals surface area contributed by atoms with Crippen LogP contribution in [0.3, 0.4) is 0 Å². The van der Waals surface area contributed by atoms with Crippen LogP contribution in [0, 0.1) is 0 Å². The summed E-state index contributed by atoms with van der Waals surface area (Å²) in [5.74, 6) is 1.19. The van der Waals surface area contributed by atoms with E-state index in [0.29, 0.717) is 36.1 Å². The second kappa shape index (κ2) is 8.75. The molecule has 2 aromatic heterocycles. The largest absolute Gasteiger partial charge is 0.441 e. The van der Waals surface area contributed by atoms with E-state index in [0.717, 1.165) is 16.8 Å². The molecule has 0 spiro atoms. The quantitative estimate of drug-likeness (QED) is 0.492. The van der Waals surface area contributed by atoms with Gasteiger partial charge in [-0.3, -0.25) is 4.79 Å². The number of halogens is 1. The monoisotopic (exact) mass is 406 g/mol. The zero-order valence-electron chi connectivity index (χ0n) is 15.6. The first-order chi connectivity index (χ1) is 14.2. The summed E-state index contributed by atoms with van der Waals surface area (Å²) in [5, 5.41) is 7.89. The Labute approximate surface area is 173 Å². The topological polar surface area (TPSA) is 73.0 Å². The Hall–Kier alpha value is -3.38. The van der Waals surface area contributed by atoms with Gasteiger partial charge in [-0.25, -0.2) is 9.67 Å². The summed E-state index contributed by atoms with van der Waals surface area (Å²) < 4.78 is 7.48. The third-order valence-electron chi connectivity index (χ3n) is 4.39. The van der Waals surface area contributed by atoms with E-state index < -0.39 is 0 Å². The van der Waals surface area contributed by atoms with Crippen LogP contribution in [0.15, 0.2) is 77.6 Å². The maximum absolute atomic E-state index is 12.2. The van der Waals surface area contributed by atoms with Crippen LogP contribution in [0.5, 0.6) is 0 Å². The van der Waals surface area contributed by atoms with E-state index in [4.69, 9.17) is 16.0 Å². The summed E-state index contributed by atoms with van der Waals surface area (Å²) in [5.41, 5.74) is 2.79. The highest BCUT2D eigenvalue weighted by atomic mass is 35.5. The Morgan fingerprint density at radius 2 is 1.86 bits per heavy atom. The molecule has 1 amide bonds. The Bertz CT molecular complexity index is 1090. The summed E-state index contributed by atoms with van der Waals surface area (Å²) in [4.78, 5) is 16.4. The van der Waals surface area contributed by atoms with E-state index in [9.17, 15) is 4.79 Å². The van der Waals surface area contributed by atoms with Gasteiger partial charge in [-0.2, -0.15) is 5.10 Å². The van der Waals surface area contributed by atoms with Crippen molar-refractivity contribution in [3.05, 3.63) is 89.7 Å². The maximum atomic E-state index is 12.2. The molecule has 4 rings (SSSR count). The van der Waals surface area contributed by atoms with E-state index in [1.165, 1.54) is 0 Å². The van der Waals surface area contributed by atoms with E-state index in [-0.39, 0.29) is 5.91 Å². The van der Waals surface area contributed by atoms with Gasteiger partial charge in [0.2, 0.25) is 5.91 Å². The molecule has 146 valence electrons. The van der Waals surface area contributed by atoms with Crippen molar-refractivity contribution in [3.63, 3.8) is 0 Å². The summed E-state index contributed by atoms with van der Waals surface area (Å²) in [7, 11) is 0. The van der Waals surface area contributed by atoms with Crippen LogP contribution < -0.4 is 5.32 Å². The van der Waals surface area contributed by atoms with Crippen molar-refractivity contribution in [2.24, 2.45) is 0 Å². The van der Waals surface area contributed by atoms with Crippen LogP contribution in [-0.2, 0) is 17.8 Å². The van der Waals surface area contributed by atoms with Crippen LogP contribution >= 0.6 is 11.6 Å². The number of benzene rings is 2. The highest BCUT2D eigenvalue weighted by Gasteiger charge is 2.09. The minimum absolute atomic E-state index is 0.0660. The molecule has 0 saturated carbocycles. The van der Waals surface area contributed by atoms with Gasteiger partial charge in [-0.1, -0.05) is 41.9 Å². The molecule has 0 saturated heterocycles. The molecule has 29 heavy (non-hydrogen) atoms. The van der Waals surface area contributed by atoms with Gasteiger partial charge in [0.25, 0.3) is 0 Å². The Kier molecular flexibility index (Phi) is 5.72. The predicted octanol–water partition coefficient (Wildman–Crippen LogP) is 4.43. The van der Waals surface area contributed by atoms with E-state index in [1.54, 1.807) is 17.1 Å². The maximum Gasteiger partial charge on any atom is 0.220 e. The molecular formula is C22H19ClN4O2. The van der Waals surface area contributed by atoms with Crippen molar-refractivity contribution < 1.29 is 9.21 Å². The fraction of sp³-hybridized carbons (Fsp3) is 0.136. The van der Waals surface area contributed by atoms with Crippen LogP contribution in [0.4, 0.5) is 0 Å². The summed E-state index contributed by atoms with van der Waals surface area (Å²) in [6, 6.07) is 17.2. The molecule has 0 aliphatic rings. The smallest absolute Gasteiger partial charge is 0.220 e. The van der Waals surface area contributed by atoms with Crippen molar-refractivity contribution in [1.29, 1.82) is 0 Å². The molecule has 0 atom stereocenters. The molecule has 0 fully saturated rings. The highest BCUT2D eigenvalue weighted by Crippen LogP contribution is 2.20. The first-order valence-corrected chi connectivity index (χ1v) is 9.61. The lowest BCUT2D eigenvalue weighted by molar-refractivity contribution is -0.121. The molecule has 0 unspecified atom stereocenters. The summed E-state index contributed by atoms with van der Waals surface area (Å²) in [6.07, 6.45) is 6.05. The Balaban J connectivity index is 1.27. The average molecular weight is 407 g/mol. The molecule has 2 aromatic carbocycles. The minimum Gasteiger partial charge on any atom is -0.441 e. The van der Waals surface area contributed by atoms with Crippen molar-refractivity contribution in [1.82, 2.24) is 20.1 Å². The number of rotatable bonds is 7. The highest BCUT2D eigenvalue weighted by molar-refractivity contribution is 6.30. The van der Waals surface area contributed by atoms with E-state index >= 15 is 0 Å². The molecule has 2 heterocycles. The number of oxazole rings is 1. The zero-order valence-corrected chi connectivity index (χ0v) is 16.3. The van der Waals surface area contributed by atoms with Crippen molar-refractivity contribution >= 4 is 17.5 Å². The molecule has 7 heteroatoms. The van der Waals surface area contributed by atoms with Gasteiger partial charge in [0.1, 0.15) is 0 Å². The zero-order chi connectivity index (χ0) is 20.1. The SMILES string of the molecule is O=C(CCc1ncc(-c2ccccc2)o1)NCc1cnn(-c2ccc(Cl)cc2)c1. The average Bonchev–Trinajstić information content (AvgIpc) is 3.42. The first-order valence-electron chi connectivity index (χ1n) is 9.24. The first kappa shape index (κ1) is 19.0. The molecule has 6 nitrogen and oxygen atoms in total. The lowest BCUT2D eigenvalue weighted by Gasteiger charge is -2.03. The second-order valence-electron chi connectivity index (χ2n) is 6.53. The normalized spacial score (nSPS) is 10.8. The van der Waals surface area contributed by atoms with Gasteiger partial charge in [0.15, 0.2) is 11.7 Å². The molecule has 0 aliphatic carbocycles. The predicted molar refractivity (Wildman–Crippen MR) is 111 cm³/mol. The Morgan fingerprint density at radius 1 is 1.07 bits per heavy atom. The number of carbonyl (C=O) groups is 1. The fourth-order valence-electron chi connectivity index (χ4n) is 2.86. The van der Waals surface area contributed by atoms with Gasteiger partial charge < -0.3 is 9.73 Å². The number of amides is 1. The second-order valence-corrected chi connectivity index (χ2v) is 6.97. The number of aromatic nitrogens is 3. The molecule has 1 N–H and O–H groups in total. The molecule has 0 bridgehead atoms. The standard InChI is InChI=1S/C22H19ClN4O2/c23-18-6-8-19(9-7-18)27-15-16(13-26-27)12-24-21(28)10-11-22-25-14-20(29-22)17-4-2-1-3-5-17/h1-9,13-15H,10-12H2,(H,24,28). The number of aryl methyl sites for hydroxylation is 1. The summed E-state index contributed by atoms with van der Waals surface area (Å²) >= 11 is 5.91. The third-order valence-corrected chi connectivity index (χ3v) is 4.65. The van der Waals surface area contributed by atoms with Crippen LogP contribution in [0.2, 0.25) is 5.02 Å². The van der Waals surface area contributed by atoms with Gasteiger partial charge in [-0.15, -0.1) is 0 Å². The van der Waals surface area contributed by atoms with Crippen LogP contribution in [-0.4, -0.2) is 20.7 Å². The lowest BCUT2D eigenvalue weighted by Crippen LogP contribution is -2.22. The van der Waals surface area contributed by atoms with Gasteiger partial charge >= 0.3 is 0 Å². The summed E-state index contributed by atoms with van der Waals surface area (Å²) in [6.45, 7) is 0.410. The number of nitrogens with zero attached hydrogens (tertiary/aromatic N) is 3. The van der Waals surface area contributed by atoms with Crippen LogP contribution in [0.1, 0.15) is 17.9 Å². The van der Waals surface area contributed by atoms with Gasteiger partial charge in [0.05, 0.1) is 18.1 Å². The number of nitrogens with one attached hydrogen (secondary N) is 1. The number of hydrogen-bond acceptors (Lipinski definition) is 4. The van der Waals surface area contributed by atoms with E-state index in [1.807, 2.05) is 60.8 Å². The van der Waals surface area contributed by atoms with Gasteiger partial charge in [-0.05, 0) is 24.3 Å². The molecular weight excluding hydrogens is 388 g/mol. The molecule has 4 aromatic rings. The fourth-order valence-corrected chi connectivity index (χ4v) is 2.98. The van der Waals surface area contributed by atoms with Gasteiger partial charge in [0, 0.05) is 41.7 Å². The van der Waals surface area contributed by atoms with Crippen molar-refractivity contribution in [2.45, 2.75) is 19.4 Å². The Morgan fingerprint density at radius 3 is 2.66 bits per heavy atom. The van der Waals surface area contributed by atoms with Crippen molar-refractivity contribution in [2.75, 3.05) is 0 Å². The third kappa shape index (κ3) is 4.92. The molecule has 0 aliphatic heterocycles. The number of carbonyl (C=O) groups excluding carboxylic acids is 1. The molecule has 0 radical (unpaired) electrons. The van der Waals surface area contributed by atoms with E-state index in [2.05, 4.69) is 15.4 Å². The lowest BCUT2D eigenvalue weighted by atomic mass is 10.2. The minimum atomic E-state index is -0.0660. The van der Waals surface area contributed by atoms with Crippen LogP contribution in [0.25, 0.3) is 17.0 Å².